The second-order valence-electron chi connectivity index (χ2n) is 4.80. The molecule has 0 saturated heterocycles. The Morgan fingerprint density at radius 2 is 2.22 bits per heavy atom. The van der Waals surface area contributed by atoms with Crippen LogP contribution >= 0.6 is 0 Å². The summed E-state index contributed by atoms with van der Waals surface area (Å²) in [5, 5.41) is 7.59. The Morgan fingerprint density at radius 3 is 2.89 bits per heavy atom. The highest BCUT2D eigenvalue weighted by molar-refractivity contribution is 5.63. The molecule has 0 bridgehead atoms. The summed E-state index contributed by atoms with van der Waals surface area (Å²) >= 11 is 0. The van der Waals surface area contributed by atoms with E-state index < -0.39 is 0 Å². The van der Waals surface area contributed by atoms with E-state index in [0.29, 0.717) is 12.6 Å². The van der Waals surface area contributed by atoms with Gasteiger partial charge in [0.1, 0.15) is 5.82 Å². The Kier molecular flexibility index (Phi) is 2.88. The van der Waals surface area contributed by atoms with Gasteiger partial charge in [0.05, 0.1) is 5.69 Å². The van der Waals surface area contributed by atoms with Crippen molar-refractivity contribution in [2.75, 3.05) is 0 Å². The topological polar surface area (TPSA) is 29.9 Å². The number of hydrogen-bond acceptors (Lipinski definition) is 2. The monoisotopic (exact) mass is 245 g/mol. The van der Waals surface area contributed by atoms with Crippen LogP contribution in [0.5, 0.6) is 0 Å². The molecule has 1 fully saturated rings. The van der Waals surface area contributed by atoms with Gasteiger partial charge in [-0.1, -0.05) is 0 Å². The maximum atomic E-state index is 13.4. The van der Waals surface area contributed by atoms with Gasteiger partial charge in [-0.15, -0.1) is 0 Å². The maximum absolute atomic E-state index is 13.4. The highest BCUT2D eigenvalue weighted by Crippen LogP contribution is 2.25. The fourth-order valence-electron chi connectivity index (χ4n) is 2.14. The van der Waals surface area contributed by atoms with Crippen molar-refractivity contribution in [2.24, 2.45) is 7.05 Å². The minimum atomic E-state index is -0.187. The highest BCUT2D eigenvalue weighted by atomic mass is 19.1. The van der Waals surface area contributed by atoms with Gasteiger partial charge >= 0.3 is 0 Å². The molecule has 0 spiro atoms. The summed E-state index contributed by atoms with van der Waals surface area (Å²) < 4.78 is 15.2. The van der Waals surface area contributed by atoms with E-state index in [0.717, 1.165) is 16.8 Å². The predicted octanol–water partition coefficient (Wildman–Crippen LogP) is 2.48. The third-order valence-electron chi connectivity index (χ3n) is 3.32. The molecule has 18 heavy (non-hydrogen) atoms. The average molecular weight is 245 g/mol. The third kappa shape index (κ3) is 2.29. The predicted molar refractivity (Wildman–Crippen MR) is 68.5 cm³/mol. The number of halogens is 1. The number of aryl methyl sites for hydroxylation is 1. The molecule has 94 valence electrons. The van der Waals surface area contributed by atoms with Crippen LogP contribution in [-0.2, 0) is 13.6 Å². The van der Waals surface area contributed by atoms with Gasteiger partial charge in [0.15, 0.2) is 0 Å². The third-order valence-corrected chi connectivity index (χ3v) is 3.32. The van der Waals surface area contributed by atoms with Crippen molar-refractivity contribution in [3.05, 3.63) is 41.8 Å². The zero-order valence-electron chi connectivity index (χ0n) is 10.4. The minimum absolute atomic E-state index is 0.187. The van der Waals surface area contributed by atoms with Crippen molar-refractivity contribution >= 4 is 0 Å². The summed E-state index contributed by atoms with van der Waals surface area (Å²) in [4.78, 5) is 0. The van der Waals surface area contributed by atoms with Crippen LogP contribution in [0, 0.1) is 5.82 Å². The lowest BCUT2D eigenvalue weighted by Crippen LogP contribution is -2.16. The Bertz CT molecular complexity index is 558. The van der Waals surface area contributed by atoms with Crippen LogP contribution in [-0.4, -0.2) is 15.8 Å². The molecule has 1 N–H and O–H groups in total. The van der Waals surface area contributed by atoms with Gasteiger partial charge in [-0.2, -0.15) is 5.10 Å². The molecule has 1 aliphatic carbocycles. The van der Waals surface area contributed by atoms with E-state index in [1.807, 2.05) is 23.9 Å². The fourth-order valence-corrected chi connectivity index (χ4v) is 2.14. The Morgan fingerprint density at radius 1 is 1.39 bits per heavy atom. The Hall–Kier alpha value is -1.68. The SMILES string of the molecule is Cn1nccc1-c1ccc(F)cc1CNC1CC1. The van der Waals surface area contributed by atoms with E-state index in [4.69, 9.17) is 0 Å². The van der Waals surface area contributed by atoms with Gasteiger partial charge in [0, 0.05) is 31.4 Å². The molecule has 0 amide bonds. The zero-order valence-corrected chi connectivity index (χ0v) is 10.4. The van der Waals surface area contributed by atoms with Gasteiger partial charge in [0.2, 0.25) is 0 Å². The molecule has 1 heterocycles. The number of nitrogens with one attached hydrogen (secondary N) is 1. The summed E-state index contributed by atoms with van der Waals surface area (Å²) in [6.07, 6.45) is 4.23. The summed E-state index contributed by atoms with van der Waals surface area (Å²) in [6.45, 7) is 0.711. The van der Waals surface area contributed by atoms with Crippen molar-refractivity contribution < 1.29 is 4.39 Å². The van der Waals surface area contributed by atoms with Gasteiger partial charge in [-0.3, -0.25) is 4.68 Å². The maximum Gasteiger partial charge on any atom is 0.123 e. The van der Waals surface area contributed by atoms with Crippen LogP contribution in [0.25, 0.3) is 11.3 Å². The smallest absolute Gasteiger partial charge is 0.123 e. The van der Waals surface area contributed by atoms with Gasteiger partial charge in [-0.25, -0.2) is 4.39 Å². The zero-order chi connectivity index (χ0) is 12.5. The molecule has 0 atom stereocenters. The number of hydrogen-bond donors (Lipinski definition) is 1. The average Bonchev–Trinajstić information content (AvgIpc) is 3.09. The van der Waals surface area contributed by atoms with Crippen molar-refractivity contribution in [3.8, 4) is 11.3 Å². The molecule has 0 unspecified atom stereocenters. The first-order chi connectivity index (χ1) is 8.74. The van der Waals surface area contributed by atoms with E-state index in [2.05, 4.69) is 10.4 Å². The molecule has 0 radical (unpaired) electrons. The molecule has 1 aromatic heterocycles. The molecule has 1 saturated carbocycles. The fraction of sp³-hybridized carbons (Fsp3) is 0.357. The van der Waals surface area contributed by atoms with Crippen LogP contribution in [0.2, 0.25) is 0 Å². The molecule has 3 nitrogen and oxygen atoms in total. The van der Waals surface area contributed by atoms with E-state index in [9.17, 15) is 4.39 Å². The van der Waals surface area contributed by atoms with Crippen molar-refractivity contribution in [2.45, 2.75) is 25.4 Å². The summed E-state index contributed by atoms with van der Waals surface area (Å²) in [5.41, 5.74) is 3.05. The number of rotatable bonds is 4. The van der Waals surface area contributed by atoms with Gasteiger partial charge < -0.3 is 5.32 Å². The summed E-state index contributed by atoms with van der Waals surface area (Å²) in [5.74, 6) is -0.187. The molecular formula is C14H16FN3. The normalized spacial score (nSPS) is 15.0. The number of aromatic nitrogens is 2. The first-order valence-electron chi connectivity index (χ1n) is 6.24. The quantitative estimate of drug-likeness (QED) is 0.896. The lowest BCUT2D eigenvalue weighted by atomic mass is 10.0. The molecular weight excluding hydrogens is 229 g/mol. The molecule has 2 aromatic rings. The first kappa shape index (κ1) is 11.4. The van der Waals surface area contributed by atoms with Crippen molar-refractivity contribution in [3.63, 3.8) is 0 Å². The van der Waals surface area contributed by atoms with Crippen LogP contribution in [0.15, 0.2) is 30.5 Å². The minimum Gasteiger partial charge on any atom is -0.310 e. The molecule has 3 rings (SSSR count). The lowest BCUT2D eigenvalue weighted by Gasteiger charge is -2.11. The second kappa shape index (κ2) is 4.53. The van der Waals surface area contributed by atoms with Gasteiger partial charge in [0.25, 0.3) is 0 Å². The van der Waals surface area contributed by atoms with Crippen molar-refractivity contribution in [1.82, 2.24) is 15.1 Å². The van der Waals surface area contributed by atoms with E-state index in [1.165, 1.54) is 18.9 Å². The van der Waals surface area contributed by atoms with Crippen LogP contribution in [0.1, 0.15) is 18.4 Å². The van der Waals surface area contributed by atoms with Gasteiger partial charge in [-0.05, 0) is 42.7 Å². The Labute approximate surface area is 106 Å². The summed E-state index contributed by atoms with van der Waals surface area (Å²) in [6, 6.07) is 7.51. The van der Waals surface area contributed by atoms with Crippen molar-refractivity contribution in [1.29, 1.82) is 0 Å². The molecule has 4 heteroatoms. The lowest BCUT2D eigenvalue weighted by molar-refractivity contribution is 0.619. The number of nitrogens with zero attached hydrogens (tertiary/aromatic N) is 2. The van der Waals surface area contributed by atoms with E-state index >= 15 is 0 Å². The van der Waals surface area contributed by atoms with Crippen LogP contribution < -0.4 is 5.32 Å². The summed E-state index contributed by atoms with van der Waals surface area (Å²) in [7, 11) is 1.90. The Balaban J connectivity index is 1.94. The first-order valence-corrected chi connectivity index (χ1v) is 6.24. The van der Waals surface area contributed by atoms with E-state index in [1.54, 1.807) is 12.3 Å². The largest absolute Gasteiger partial charge is 0.310 e. The molecule has 1 aliphatic rings. The molecule has 0 aliphatic heterocycles. The number of benzene rings is 1. The standard InChI is InChI=1S/C14H16FN3/c1-18-14(6-7-17-18)13-5-2-11(15)8-10(13)9-16-12-3-4-12/h2,5-8,12,16H,3-4,9H2,1H3. The molecule has 1 aromatic carbocycles. The highest BCUT2D eigenvalue weighted by Gasteiger charge is 2.21. The van der Waals surface area contributed by atoms with E-state index in [-0.39, 0.29) is 5.82 Å². The van der Waals surface area contributed by atoms with Crippen LogP contribution in [0.4, 0.5) is 4.39 Å². The van der Waals surface area contributed by atoms with Crippen LogP contribution in [0.3, 0.4) is 0 Å². The second-order valence-corrected chi connectivity index (χ2v) is 4.80.